The van der Waals surface area contributed by atoms with Gasteiger partial charge in [0.15, 0.2) is 0 Å². The van der Waals surface area contributed by atoms with Gasteiger partial charge in [-0.2, -0.15) is 0 Å². The van der Waals surface area contributed by atoms with Crippen LogP contribution in [0.4, 0.5) is 0 Å². The molecule has 0 unspecified atom stereocenters. The van der Waals surface area contributed by atoms with Crippen LogP contribution < -0.4 is 5.32 Å². The van der Waals surface area contributed by atoms with Gasteiger partial charge < -0.3 is 5.32 Å². The molecular formula is C11H21NO. The molecule has 0 radical (unpaired) electrons. The van der Waals surface area contributed by atoms with Gasteiger partial charge in [-0.15, -0.1) is 0 Å². The zero-order chi connectivity index (χ0) is 9.90. The fourth-order valence-corrected chi connectivity index (χ4v) is 1.87. The topological polar surface area (TPSA) is 29.1 Å². The van der Waals surface area contributed by atoms with Crippen molar-refractivity contribution >= 4 is 5.78 Å². The van der Waals surface area contributed by atoms with E-state index in [0.717, 1.165) is 32.4 Å². The highest BCUT2D eigenvalue weighted by Crippen LogP contribution is 2.31. The van der Waals surface area contributed by atoms with E-state index in [-0.39, 0.29) is 5.41 Å². The molecule has 0 spiro atoms. The molecule has 1 aliphatic rings. The molecule has 1 saturated heterocycles. The Kier molecular flexibility index (Phi) is 3.48. The maximum Gasteiger partial charge on any atom is 0.139 e. The summed E-state index contributed by atoms with van der Waals surface area (Å²) in [5.41, 5.74) is -0.0322. The lowest BCUT2D eigenvalue weighted by Crippen LogP contribution is -2.40. The van der Waals surface area contributed by atoms with Gasteiger partial charge >= 0.3 is 0 Å². The molecule has 2 heteroatoms. The minimum absolute atomic E-state index is 0.0322. The molecule has 1 heterocycles. The predicted molar refractivity (Wildman–Crippen MR) is 54.7 cm³/mol. The van der Waals surface area contributed by atoms with E-state index in [9.17, 15) is 4.79 Å². The first-order chi connectivity index (χ1) is 6.04. The molecule has 2 nitrogen and oxygen atoms in total. The zero-order valence-electron chi connectivity index (χ0n) is 9.02. The molecule has 0 aromatic heterocycles. The third-order valence-corrected chi connectivity index (χ3v) is 2.97. The van der Waals surface area contributed by atoms with Gasteiger partial charge in [0.1, 0.15) is 5.78 Å². The third-order valence-electron chi connectivity index (χ3n) is 2.97. The predicted octanol–water partition coefficient (Wildman–Crippen LogP) is 1.99. The minimum atomic E-state index is -0.0322. The molecule has 0 atom stereocenters. The largest absolute Gasteiger partial charge is 0.317 e. The lowest BCUT2D eigenvalue weighted by atomic mass is 9.75. The number of hydrogen-bond donors (Lipinski definition) is 1. The number of piperidine rings is 1. The summed E-state index contributed by atoms with van der Waals surface area (Å²) < 4.78 is 0. The van der Waals surface area contributed by atoms with Crippen molar-refractivity contribution in [2.75, 3.05) is 13.1 Å². The Balaban J connectivity index is 2.51. The van der Waals surface area contributed by atoms with Crippen molar-refractivity contribution in [1.82, 2.24) is 5.32 Å². The lowest BCUT2D eigenvalue weighted by molar-refractivity contribution is -0.130. The SMILES string of the molecule is CC(C)CC(=O)C1(C)CCNCC1. The van der Waals surface area contributed by atoms with Crippen molar-refractivity contribution in [3.63, 3.8) is 0 Å². The van der Waals surface area contributed by atoms with Gasteiger partial charge in [0.05, 0.1) is 0 Å². The van der Waals surface area contributed by atoms with Crippen LogP contribution in [-0.2, 0) is 4.79 Å². The number of carbonyl (C=O) groups is 1. The van der Waals surface area contributed by atoms with Crippen LogP contribution in [0.15, 0.2) is 0 Å². The van der Waals surface area contributed by atoms with Crippen molar-refractivity contribution in [1.29, 1.82) is 0 Å². The van der Waals surface area contributed by atoms with E-state index in [1.165, 1.54) is 0 Å². The summed E-state index contributed by atoms with van der Waals surface area (Å²) in [7, 11) is 0. The second-order valence-corrected chi connectivity index (χ2v) is 4.83. The summed E-state index contributed by atoms with van der Waals surface area (Å²) >= 11 is 0. The van der Waals surface area contributed by atoms with Crippen LogP contribution in [0.2, 0.25) is 0 Å². The maximum atomic E-state index is 11.9. The molecular weight excluding hydrogens is 162 g/mol. The quantitative estimate of drug-likeness (QED) is 0.725. The summed E-state index contributed by atoms with van der Waals surface area (Å²) in [5, 5.41) is 3.30. The highest BCUT2D eigenvalue weighted by atomic mass is 16.1. The number of ketones is 1. The number of nitrogens with one attached hydrogen (secondary N) is 1. The smallest absolute Gasteiger partial charge is 0.139 e. The Morgan fingerprint density at radius 1 is 1.38 bits per heavy atom. The molecule has 0 aromatic carbocycles. The number of carbonyl (C=O) groups excluding carboxylic acids is 1. The van der Waals surface area contributed by atoms with Crippen molar-refractivity contribution in [3.8, 4) is 0 Å². The molecule has 0 amide bonds. The Morgan fingerprint density at radius 3 is 2.38 bits per heavy atom. The maximum absolute atomic E-state index is 11.9. The molecule has 1 fully saturated rings. The van der Waals surface area contributed by atoms with Crippen LogP contribution in [0.5, 0.6) is 0 Å². The summed E-state index contributed by atoms with van der Waals surface area (Å²) in [4.78, 5) is 11.9. The van der Waals surface area contributed by atoms with Crippen LogP contribution in [0, 0.1) is 11.3 Å². The molecule has 1 aliphatic heterocycles. The van der Waals surface area contributed by atoms with E-state index in [0.29, 0.717) is 11.7 Å². The average molecular weight is 183 g/mol. The Hall–Kier alpha value is -0.370. The van der Waals surface area contributed by atoms with Gasteiger partial charge in [-0.3, -0.25) is 4.79 Å². The first kappa shape index (κ1) is 10.7. The first-order valence-electron chi connectivity index (χ1n) is 5.28. The third kappa shape index (κ3) is 2.80. The van der Waals surface area contributed by atoms with Crippen molar-refractivity contribution in [3.05, 3.63) is 0 Å². The fraction of sp³-hybridized carbons (Fsp3) is 0.909. The second kappa shape index (κ2) is 4.23. The second-order valence-electron chi connectivity index (χ2n) is 4.83. The molecule has 0 saturated carbocycles. The van der Waals surface area contributed by atoms with Crippen LogP contribution in [0.25, 0.3) is 0 Å². The van der Waals surface area contributed by atoms with E-state index >= 15 is 0 Å². The van der Waals surface area contributed by atoms with E-state index < -0.39 is 0 Å². The Morgan fingerprint density at radius 2 is 1.92 bits per heavy atom. The molecule has 1 rings (SSSR count). The molecule has 0 aliphatic carbocycles. The fourth-order valence-electron chi connectivity index (χ4n) is 1.87. The van der Waals surface area contributed by atoms with Gasteiger partial charge in [-0.05, 0) is 31.8 Å². The van der Waals surface area contributed by atoms with Crippen molar-refractivity contribution < 1.29 is 4.79 Å². The van der Waals surface area contributed by atoms with E-state index in [4.69, 9.17) is 0 Å². The van der Waals surface area contributed by atoms with Crippen LogP contribution in [-0.4, -0.2) is 18.9 Å². The Labute approximate surface area is 81.1 Å². The van der Waals surface area contributed by atoms with Crippen molar-refractivity contribution in [2.24, 2.45) is 11.3 Å². The highest BCUT2D eigenvalue weighted by Gasteiger charge is 2.33. The summed E-state index contributed by atoms with van der Waals surface area (Å²) in [6.45, 7) is 8.35. The van der Waals surface area contributed by atoms with E-state index in [2.05, 4.69) is 26.1 Å². The van der Waals surface area contributed by atoms with E-state index in [1.807, 2.05) is 0 Å². The summed E-state index contributed by atoms with van der Waals surface area (Å²) in [6, 6.07) is 0. The molecule has 0 aromatic rings. The summed E-state index contributed by atoms with van der Waals surface area (Å²) in [6.07, 6.45) is 2.77. The molecule has 1 N–H and O–H groups in total. The van der Waals surface area contributed by atoms with Crippen LogP contribution in [0.3, 0.4) is 0 Å². The van der Waals surface area contributed by atoms with Crippen LogP contribution >= 0.6 is 0 Å². The normalized spacial score (nSPS) is 21.8. The van der Waals surface area contributed by atoms with Gasteiger partial charge in [-0.1, -0.05) is 20.8 Å². The average Bonchev–Trinajstić information content (AvgIpc) is 2.04. The first-order valence-corrected chi connectivity index (χ1v) is 5.28. The molecule has 13 heavy (non-hydrogen) atoms. The standard InChI is InChI=1S/C11H21NO/c1-9(2)8-10(13)11(3)4-6-12-7-5-11/h9,12H,4-8H2,1-3H3. The minimum Gasteiger partial charge on any atom is -0.317 e. The monoisotopic (exact) mass is 183 g/mol. The van der Waals surface area contributed by atoms with Gasteiger partial charge in [0.2, 0.25) is 0 Å². The molecule has 76 valence electrons. The Bertz CT molecular complexity index is 181. The number of hydrogen-bond acceptors (Lipinski definition) is 2. The zero-order valence-corrected chi connectivity index (χ0v) is 9.02. The number of rotatable bonds is 3. The van der Waals surface area contributed by atoms with E-state index in [1.54, 1.807) is 0 Å². The number of Topliss-reactive ketones (excluding diaryl/α,β-unsaturated/α-hetero) is 1. The van der Waals surface area contributed by atoms with Gasteiger partial charge in [-0.25, -0.2) is 0 Å². The summed E-state index contributed by atoms with van der Waals surface area (Å²) in [5.74, 6) is 0.961. The van der Waals surface area contributed by atoms with Gasteiger partial charge in [0, 0.05) is 11.8 Å². The van der Waals surface area contributed by atoms with Gasteiger partial charge in [0.25, 0.3) is 0 Å². The highest BCUT2D eigenvalue weighted by molar-refractivity contribution is 5.84. The van der Waals surface area contributed by atoms with Crippen molar-refractivity contribution in [2.45, 2.75) is 40.0 Å². The van der Waals surface area contributed by atoms with Crippen LogP contribution in [0.1, 0.15) is 40.0 Å². The lowest BCUT2D eigenvalue weighted by Gasteiger charge is -2.33. The molecule has 0 bridgehead atoms.